The second-order valence-electron chi connectivity index (χ2n) is 7.83. The summed E-state index contributed by atoms with van der Waals surface area (Å²) in [6.07, 6.45) is 1.20. The first-order valence-corrected chi connectivity index (χ1v) is 12.3. The number of methoxy groups -OCH3 is 2. The topological polar surface area (TPSA) is 79.3 Å². The van der Waals surface area contributed by atoms with Crippen LogP contribution in [0.4, 0.5) is 16.2 Å². The van der Waals surface area contributed by atoms with Gasteiger partial charge in [0.25, 0.3) is 0 Å². The van der Waals surface area contributed by atoms with E-state index < -0.39 is 15.6 Å². The number of para-hydroxylation sites is 1. The minimum absolute atomic E-state index is 0.187. The SMILES string of the molecule is COc1ccc(N2C(=O)N(Cc3ccccc3C)c3ccccc3S2(C)(=O)O)cc1OC. The summed E-state index contributed by atoms with van der Waals surface area (Å²) in [6.45, 7) is 2.23. The van der Waals surface area contributed by atoms with E-state index in [0.717, 1.165) is 15.4 Å². The maximum absolute atomic E-state index is 14.2. The van der Waals surface area contributed by atoms with Crippen LogP contribution in [0.15, 0.2) is 71.6 Å². The van der Waals surface area contributed by atoms with Crippen LogP contribution >= 0.6 is 0 Å². The highest BCUT2D eigenvalue weighted by molar-refractivity contribution is 8.16. The molecule has 3 aromatic carbocycles. The van der Waals surface area contributed by atoms with E-state index in [2.05, 4.69) is 0 Å². The van der Waals surface area contributed by atoms with Crippen LogP contribution in [0.2, 0.25) is 0 Å². The molecule has 2 amide bonds. The van der Waals surface area contributed by atoms with Crippen LogP contribution in [0, 0.1) is 6.92 Å². The number of nitrogens with zero attached hydrogens (tertiary/aromatic N) is 2. The fraction of sp³-hybridized carbons (Fsp3) is 0.208. The number of aryl methyl sites for hydroxylation is 1. The van der Waals surface area contributed by atoms with Crippen molar-refractivity contribution < 1.29 is 23.0 Å². The van der Waals surface area contributed by atoms with E-state index in [0.29, 0.717) is 17.2 Å². The molecule has 1 N–H and O–H groups in total. The smallest absolute Gasteiger partial charge is 0.347 e. The average Bonchev–Trinajstić information content (AvgIpc) is 2.77. The van der Waals surface area contributed by atoms with E-state index in [1.54, 1.807) is 36.4 Å². The number of carbonyl (C=O) groups excluding carboxylic acids is 1. The van der Waals surface area contributed by atoms with Crippen molar-refractivity contribution in [1.29, 1.82) is 0 Å². The van der Waals surface area contributed by atoms with E-state index >= 15 is 0 Å². The minimum atomic E-state index is -4.78. The first-order chi connectivity index (χ1) is 15.2. The first-order valence-electron chi connectivity index (χ1n) is 10.0. The molecule has 1 heterocycles. The molecule has 1 aliphatic heterocycles. The lowest BCUT2D eigenvalue weighted by atomic mass is 10.1. The summed E-state index contributed by atoms with van der Waals surface area (Å²) in [5.41, 5.74) is 2.62. The van der Waals surface area contributed by atoms with Crippen LogP contribution in [-0.4, -0.2) is 35.3 Å². The lowest BCUT2D eigenvalue weighted by molar-refractivity contribution is 0.252. The Balaban J connectivity index is 1.92. The Kier molecular flexibility index (Phi) is 5.22. The van der Waals surface area contributed by atoms with E-state index in [9.17, 15) is 13.6 Å². The molecule has 0 saturated carbocycles. The molecule has 0 atom stereocenters. The summed E-state index contributed by atoms with van der Waals surface area (Å²) < 4.78 is 37.3. The Bertz CT molecular complexity index is 1270. The molecule has 168 valence electrons. The Morgan fingerprint density at radius 3 is 2.28 bits per heavy atom. The molecule has 0 saturated heterocycles. The van der Waals surface area contributed by atoms with E-state index in [4.69, 9.17) is 9.47 Å². The predicted molar refractivity (Wildman–Crippen MR) is 126 cm³/mol. The quantitative estimate of drug-likeness (QED) is 0.596. The fourth-order valence-electron chi connectivity index (χ4n) is 3.99. The molecule has 0 spiro atoms. The molecule has 0 unspecified atom stereocenters. The first kappa shape index (κ1) is 21.9. The predicted octanol–water partition coefficient (Wildman–Crippen LogP) is 4.86. The molecule has 3 aromatic rings. The van der Waals surface area contributed by atoms with Crippen molar-refractivity contribution in [1.82, 2.24) is 0 Å². The van der Waals surface area contributed by atoms with E-state index in [1.165, 1.54) is 31.4 Å². The lowest BCUT2D eigenvalue weighted by Gasteiger charge is -2.54. The van der Waals surface area contributed by atoms with Gasteiger partial charge in [-0.15, -0.1) is 0 Å². The highest BCUT2D eigenvalue weighted by Crippen LogP contribution is 2.48. The third-order valence-corrected chi connectivity index (χ3v) is 8.27. The zero-order valence-corrected chi connectivity index (χ0v) is 19.3. The van der Waals surface area contributed by atoms with Crippen LogP contribution in [0.3, 0.4) is 0 Å². The van der Waals surface area contributed by atoms with Crippen molar-refractivity contribution in [2.24, 2.45) is 0 Å². The molecule has 1 aliphatic rings. The van der Waals surface area contributed by atoms with Crippen molar-refractivity contribution >= 4 is 26.9 Å². The lowest BCUT2D eigenvalue weighted by Crippen LogP contribution is -2.61. The normalized spacial score (nSPS) is 17.8. The van der Waals surface area contributed by atoms with Gasteiger partial charge in [0, 0.05) is 12.3 Å². The molecule has 0 aliphatic carbocycles. The van der Waals surface area contributed by atoms with Gasteiger partial charge in [0.05, 0.1) is 37.0 Å². The number of rotatable bonds is 5. The number of hydrogen-bond donors (Lipinski definition) is 1. The zero-order valence-electron chi connectivity index (χ0n) is 18.4. The molecule has 0 bridgehead atoms. The van der Waals surface area contributed by atoms with Crippen LogP contribution < -0.4 is 18.7 Å². The highest BCUT2D eigenvalue weighted by atomic mass is 32.3. The Morgan fingerprint density at radius 1 is 0.938 bits per heavy atom. The molecule has 0 fully saturated rings. The third-order valence-electron chi connectivity index (χ3n) is 5.69. The van der Waals surface area contributed by atoms with Crippen LogP contribution in [0.5, 0.6) is 11.5 Å². The maximum atomic E-state index is 14.2. The standard InChI is InChI=1S/C24H26N2O5S/c1-17-9-5-6-10-18(17)16-25-20-11-7-8-12-23(20)32(4,28,29)26(24(25)27)19-13-14-21(30-2)22(15-19)31-3/h5-15H,16H2,1-4H3,(H,28,29). The number of amides is 2. The van der Waals surface area contributed by atoms with Crippen LogP contribution in [0.1, 0.15) is 11.1 Å². The molecule has 0 aromatic heterocycles. The Morgan fingerprint density at radius 2 is 1.59 bits per heavy atom. The monoisotopic (exact) mass is 454 g/mol. The van der Waals surface area contributed by atoms with Gasteiger partial charge in [-0.2, -0.15) is 8.51 Å². The summed E-state index contributed by atoms with van der Waals surface area (Å²) in [4.78, 5) is 15.5. The number of hydrogen-bond acceptors (Lipinski definition) is 4. The van der Waals surface area contributed by atoms with Gasteiger partial charge in [0.1, 0.15) is 0 Å². The summed E-state index contributed by atoms with van der Waals surface area (Å²) in [7, 11) is -1.80. The maximum Gasteiger partial charge on any atom is 0.347 e. The van der Waals surface area contributed by atoms with Gasteiger partial charge in [-0.05, 0) is 42.3 Å². The van der Waals surface area contributed by atoms with Gasteiger partial charge in [-0.1, -0.05) is 45.9 Å². The summed E-state index contributed by atoms with van der Waals surface area (Å²) in [5.74, 6) is 0.806. The summed E-state index contributed by atoms with van der Waals surface area (Å²) in [6, 6.07) is 18.6. The number of benzene rings is 3. The van der Waals surface area contributed by atoms with Crippen molar-refractivity contribution in [2.45, 2.75) is 18.4 Å². The largest absolute Gasteiger partial charge is 0.493 e. The second-order valence-corrected chi connectivity index (χ2v) is 11.1. The van der Waals surface area contributed by atoms with Crippen molar-refractivity contribution in [3.63, 3.8) is 0 Å². The highest BCUT2D eigenvalue weighted by Gasteiger charge is 2.47. The van der Waals surface area contributed by atoms with Gasteiger partial charge in [-0.25, -0.2) is 4.79 Å². The van der Waals surface area contributed by atoms with Gasteiger partial charge < -0.3 is 9.47 Å². The molecule has 32 heavy (non-hydrogen) atoms. The molecular weight excluding hydrogens is 428 g/mol. The van der Waals surface area contributed by atoms with Crippen molar-refractivity contribution in [2.75, 3.05) is 29.7 Å². The number of urea groups is 1. The van der Waals surface area contributed by atoms with Crippen LogP contribution in [0.25, 0.3) is 0 Å². The van der Waals surface area contributed by atoms with Crippen molar-refractivity contribution in [3.8, 4) is 11.5 Å². The average molecular weight is 455 g/mol. The summed E-state index contributed by atoms with van der Waals surface area (Å²) >= 11 is 0. The number of anilines is 2. The molecule has 7 nitrogen and oxygen atoms in total. The number of ether oxygens (including phenoxy) is 2. The van der Waals surface area contributed by atoms with Crippen molar-refractivity contribution in [3.05, 3.63) is 77.9 Å². The third kappa shape index (κ3) is 3.41. The molecule has 0 radical (unpaired) electrons. The zero-order chi connectivity index (χ0) is 23.1. The van der Waals surface area contributed by atoms with E-state index in [-0.39, 0.29) is 17.1 Å². The van der Waals surface area contributed by atoms with Gasteiger partial charge in [0.15, 0.2) is 11.5 Å². The molecule has 4 rings (SSSR count). The fourth-order valence-corrected chi connectivity index (χ4v) is 6.32. The number of fused-ring (bicyclic) bond motifs is 1. The second kappa shape index (κ2) is 7.65. The van der Waals surface area contributed by atoms with E-state index in [1.807, 2.05) is 31.2 Å². The Hall–Kier alpha value is -3.36. The van der Waals surface area contributed by atoms with Crippen LogP contribution in [-0.2, 0) is 16.1 Å². The summed E-state index contributed by atoms with van der Waals surface area (Å²) in [5, 5.41) is 0. The van der Waals surface area contributed by atoms with Gasteiger partial charge >= 0.3 is 6.03 Å². The number of carbonyl (C=O) groups is 1. The molecule has 8 heteroatoms. The van der Waals surface area contributed by atoms with Gasteiger partial charge in [0.2, 0.25) is 0 Å². The Labute approximate surface area is 187 Å². The molecular formula is C24H26N2O5S. The minimum Gasteiger partial charge on any atom is -0.493 e. The van der Waals surface area contributed by atoms with Gasteiger partial charge in [-0.3, -0.25) is 9.45 Å².